The molecule has 9 nitrogen and oxygen atoms in total. The molecule has 3 aromatic rings. The van der Waals surface area contributed by atoms with E-state index < -0.39 is 12.0 Å². The van der Waals surface area contributed by atoms with E-state index in [1.807, 2.05) is 42.5 Å². The van der Waals surface area contributed by atoms with E-state index in [1.165, 1.54) is 6.08 Å². The summed E-state index contributed by atoms with van der Waals surface area (Å²) in [5.74, 6) is 2.31. The number of methoxy groups -OCH3 is 2. The van der Waals surface area contributed by atoms with Crippen LogP contribution in [-0.4, -0.2) is 68.6 Å². The summed E-state index contributed by atoms with van der Waals surface area (Å²) in [6, 6.07) is 19.5. The Labute approximate surface area is 250 Å². The number of ether oxygens (including phenoxy) is 5. The highest BCUT2D eigenvalue weighted by Gasteiger charge is 2.54. The Balaban J connectivity index is 1.29. The standard InChI is InChI=1S/C34H33N3O6/c1-36-25-11-22-13-29(39-2)30(40-3)16-24(22)34(36)26-12-21-14-31-32(43-19-42-31)15-23(21)28(37(26)27(25)17-35)18-41-33(38)10-9-20-7-5-4-6-8-20/h4-10,13-16,25-28,34H,11-12,18-19H2,1-3H3/b10-9+/t25-,26-,27-,28-,34+/m0/s1. The van der Waals surface area contributed by atoms with Gasteiger partial charge >= 0.3 is 5.97 Å². The van der Waals surface area contributed by atoms with E-state index >= 15 is 0 Å². The molecular formula is C34H33N3O6. The van der Waals surface area contributed by atoms with Crippen molar-refractivity contribution in [3.8, 4) is 29.1 Å². The molecule has 2 bridgehead atoms. The zero-order chi connectivity index (χ0) is 29.7. The molecule has 220 valence electrons. The molecular weight excluding hydrogens is 546 g/mol. The quantitative estimate of drug-likeness (QED) is 0.310. The van der Waals surface area contributed by atoms with Crippen molar-refractivity contribution in [3.05, 3.63) is 88.5 Å². The number of rotatable bonds is 6. The van der Waals surface area contributed by atoms with Crippen LogP contribution in [0.1, 0.15) is 39.9 Å². The van der Waals surface area contributed by atoms with Crippen LogP contribution in [0.3, 0.4) is 0 Å². The maximum atomic E-state index is 12.9. The smallest absolute Gasteiger partial charge is 0.330 e. The van der Waals surface area contributed by atoms with E-state index in [0.717, 1.165) is 27.8 Å². The first-order valence-electron chi connectivity index (χ1n) is 14.5. The van der Waals surface area contributed by atoms with Crippen molar-refractivity contribution in [1.82, 2.24) is 9.80 Å². The van der Waals surface area contributed by atoms with Crippen LogP contribution < -0.4 is 18.9 Å². The average molecular weight is 580 g/mol. The average Bonchev–Trinajstić information content (AvgIpc) is 3.49. The Morgan fingerprint density at radius 3 is 2.42 bits per heavy atom. The summed E-state index contributed by atoms with van der Waals surface area (Å²) < 4.78 is 28.7. The monoisotopic (exact) mass is 579 g/mol. The van der Waals surface area contributed by atoms with Crippen LogP contribution in [0.15, 0.2) is 60.7 Å². The van der Waals surface area contributed by atoms with Gasteiger partial charge in [0.1, 0.15) is 12.6 Å². The van der Waals surface area contributed by atoms with E-state index in [-0.39, 0.29) is 37.6 Å². The van der Waals surface area contributed by atoms with Crippen LogP contribution in [0.2, 0.25) is 0 Å². The summed E-state index contributed by atoms with van der Waals surface area (Å²) in [5.41, 5.74) is 5.33. The molecule has 0 amide bonds. The number of nitrogens with zero attached hydrogens (tertiary/aromatic N) is 3. The Morgan fingerprint density at radius 1 is 0.977 bits per heavy atom. The van der Waals surface area contributed by atoms with Gasteiger partial charge < -0.3 is 23.7 Å². The van der Waals surface area contributed by atoms with Gasteiger partial charge in [0.15, 0.2) is 23.0 Å². The van der Waals surface area contributed by atoms with E-state index in [0.29, 0.717) is 35.8 Å². The van der Waals surface area contributed by atoms with E-state index in [4.69, 9.17) is 23.7 Å². The summed E-state index contributed by atoms with van der Waals surface area (Å²) in [6.45, 7) is 0.264. The van der Waals surface area contributed by atoms with Crippen molar-refractivity contribution in [2.24, 2.45) is 0 Å². The van der Waals surface area contributed by atoms with Gasteiger partial charge in [-0.3, -0.25) is 9.80 Å². The first-order chi connectivity index (χ1) is 21.0. The minimum atomic E-state index is -0.436. The second kappa shape index (κ2) is 11.0. The number of esters is 1. The van der Waals surface area contributed by atoms with Gasteiger partial charge in [-0.2, -0.15) is 5.26 Å². The van der Waals surface area contributed by atoms with Crippen LogP contribution in [0.4, 0.5) is 0 Å². The molecule has 0 aliphatic carbocycles. The van der Waals surface area contributed by atoms with Crippen molar-refractivity contribution < 1.29 is 28.5 Å². The zero-order valence-electron chi connectivity index (χ0n) is 24.4. The molecule has 0 N–H and O–H groups in total. The van der Waals surface area contributed by atoms with Gasteiger partial charge in [0.05, 0.1) is 32.4 Å². The Bertz CT molecular complexity index is 1630. The lowest BCUT2D eigenvalue weighted by atomic mass is 9.72. The molecule has 3 aromatic carbocycles. The van der Waals surface area contributed by atoms with Gasteiger partial charge in [0, 0.05) is 18.2 Å². The number of carbonyl (C=O) groups excluding carboxylic acids is 1. The number of piperazine rings is 1. The maximum absolute atomic E-state index is 12.9. The first-order valence-corrected chi connectivity index (χ1v) is 14.5. The van der Waals surface area contributed by atoms with Crippen molar-refractivity contribution in [1.29, 1.82) is 5.26 Å². The van der Waals surface area contributed by atoms with Gasteiger partial charge in [0.2, 0.25) is 6.79 Å². The molecule has 4 aliphatic rings. The predicted molar refractivity (Wildman–Crippen MR) is 158 cm³/mol. The van der Waals surface area contributed by atoms with Crippen LogP contribution in [0.5, 0.6) is 23.0 Å². The summed E-state index contributed by atoms with van der Waals surface area (Å²) in [6.07, 6.45) is 4.57. The fourth-order valence-corrected chi connectivity index (χ4v) is 7.35. The third-order valence-corrected chi connectivity index (χ3v) is 9.30. The number of benzene rings is 3. The molecule has 4 heterocycles. The second-order valence-electron chi connectivity index (χ2n) is 11.4. The van der Waals surface area contributed by atoms with Crippen LogP contribution in [-0.2, 0) is 22.4 Å². The molecule has 9 heteroatoms. The minimum Gasteiger partial charge on any atom is -0.493 e. The molecule has 1 saturated heterocycles. The van der Waals surface area contributed by atoms with Gasteiger partial charge in [-0.15, -0.1) is 0 Å². The van der Waals surface area contributed by atoms with Crippen molar-refractivity contribution in [3.63, 3.8) is 0 Å². The number of likely N-dealkylation sites (N-methyl/N-ethyl adjacent to an activating group) is 1. The molecule has 0 unspecified atom stereocenters. The molecule has 4 aliphatic heterocycles. The highest BCUT2D eigenvalue weighted by atomic mass is 16.7. The lowest BCUT2D eigenvalue weighted by Gasteiger charge is -2.59. The summed E-state index contributed by atoms with van der Waals surface area (Å²) in [7, 11) is 5.40. The van der Waals surface area contributed by atoms with Crippen LogP contribution >= 0.6 is 0 Å². The minimum absolute atomic E-state index is 0.0205. The molecule has 0 spiro atoms. The molecule has 7 rings (SSSR count). The second-order valence-corrected chi connectivity index (χ2v) is 11.4. The topological polar surface area (TPSA) is 93.5 Å². The predicted octanol–water partition coefficient (Wildman–Crippen LogP) is 4.46. The Hall–Kier alpha value is -4.52. The number of nitriles is 1. The highest BCUT2D eigenvalue weighted by Crippen LogP contribution is 2.52. The van der Waals surface area contributed by atoms with E-state index in [9.17, 15) is 10.1 Å². The molecule has 1 fully saturated rings. The molecule has 0 aromatic heterocycles. The molecule has 0 radical (unpaired) electrons. The SMILES string of the molecule is COc1cc2c(cc1OC)[C@@H]1[C@@H]3Cc4cc5c(cc4[C@H](COC(=O)/C=C/c4ccccc4)N3[C@@H](C#N)[C@H](C2)N1C)OCO5. The molecule has 0 saturated carbocycles. The number of hydrogen-bond donors (Lipinski definition) is 0. The Morgan fingerprint density at radius 2 is 1.67 bits per heavy atom. The fourth-order valence-electron chi connectivity index (χ4n) is 7.35. The van der Waals surface area contributed by atoms with Gasteiger partial charge in [-0.25, -0.2) is 4.79 Å². The zero-order valence-corrected chi connectivity index (χ0v) is 24.4. The third kappa shape index (κ3) is 4.58. The van der Waals surface area contributed by atoms with Crippen molar-refractivity contribution in [2.45, 2.75) is 43.1 Å². The first kappa shape index (κ1) is 27.3. The molecule has 5 atom stereocenters. The van der Waals surface area contributed by atoms with Crippen molar-refractivity contribution >= 4 is 12.0 Å². The number of fused-ring (bicyclic) bond motifs is 8. The highest BCUT2D eigenvalue weighted by molar-refractivity contribution is 5.87. The number of carbonyl (C=O) groups is 1. The summed E-state index contributed by atoms with van der Waals surface area (Å²) >= 11 is 0. The normalized spacial score (nSPS) is 25.3. The van der Waals surface area contributed by atoms with Crippen molar-refractivity contribution in [2.75, 3.05) is 34.7 Å². The van der Waals surface area contributed by atoms with Gasteiger partial charge in [0.25, 0.3) is 0 Å². The maximum Gasteiger partial charge on any atom is 0.330 e. The molecule has 43 heavy (non-hydrogen) atoms. The van der Waals surface area contributed by atoms with Gasteiger partial charge in [-0.05, 0) is 78.0 Å². The fraction of sp³-hybridized carbons (Fsp3) is 0.353. The Kier molecular flexibility index (Phi) is 6.96. The van der Waals surface area contributed by atoms with E-state index in [1.54, 1.807) is 20.3 Å². The van der Waals surface area contributed by atoms with Gasteiger partial charge in [-0.1, -0.05) is 30.3 Å². The van der Waals surface area contributed by atoms with E-state index in [2.05, 4.69) is 35.0 Å². The summed E-state index contributed by atoms with van der Waals surface area (Å²) in [5, 5.41) is 10.7. The lowest BCUT2D eigenvalue weighted by Crippen LogP contribution is -2.68. The third-order valence-electron chi connectivity index (χ3n) is 9.30. The largest absolute Gasteiger partial charge is 0.493 e. The number of hydrogen-bond acceptors (Lipinski definition) is 9. The lowest BCUT2D eigenvalue weighted by molar-refractivity contribution is -0.143. The van der Waals surface area contributed by atoms with Crippen LogP contribution in [0, 0.1) is 11.3 Å². The summed E-state index contributed by atoms with van der Waals surface area (Å²) in [4.78, 5) is 17.6. The van der Waals surface area contributed by atoms with Crippen LogP contribution in [0.25, 0.3) is 6.08 Å².